The van der Waals surface area contributed by atoms with E-state index >= 15 is 0 Å². The SMILES string of the molecule is Oc1ccc(Cl)c(C=NCc2ccco2)c1. The summed E-state index contributed by atoms with van der Waals surface area (Å²) in [5.74, 6) is 0.955. The largest absolute Gasteiger partial charge is 0.508 e. The third-order valence-corrected chi connectivity index (χ3v) is 2.38. The second-order valence-corrected chi connectivity index (χ2v) is 3.66. The first-order valence-corrected chi connectivity index (χ1v) is 5.14. The molecule has 0 aliphatic heterocycles. The van der Waals surface area contributed by atoms with Gasteiger partial charge in [-0.15, -0.1) is 0 Å². The maximum Gasteiger partial charge on any atom is 0.125 e. The summed E-state index contributed by atoms with van der Waals surface area (Å²) in [6, 6.07) is 8.39. The number of aromatic hydroxyl groups is 1. The molecule has 1 heterocycles. The third-order valence-electron chi connectivity index (χ3n) is 2.04. The van der Waals surface area contributed by atoms with Crippen LogP contribution in [0.4, 0.5) is 0 Å². The summed E-state index contributed by atoms with van der Waals surface area (Å²) in [6.07, 6.45) is 3.22. The van der Waals surface area contributed by atoms with E-state index in [0.717, 1.165) is 5.76 Å². The van der Waals surface area contributed by atoms with Crippen molar-refractivity contribution in [3.63, 3.8) is 0 Å². The molecule has 1 N–H and O–H groups in total. The first-order valence-electron chi connectivity index (χ1n) is 4.76. The maximum atomic E-state index is 9.28. The van der Waals surface area contributed by atoms with Crippen LogP contribution in [0.1, 0.15) is 11.3 Å². The summed E-state index contributed by atoms with van der Waals surface area (Å²) in [4.78, 5) is 4.17. The Bertz CT molecular complexity index is 492. The number of furan rings is 1. The van der Waals surface area contributed by atoms with Crippen molar-refractivity contribution in [3.8, 4) is 5.75 Å². The second-order valence-electron chi connectivity index (χ2n) is 3.25. The van der Waals surface area contributed by atoms with Crippen molar-refractivity contribution in [2.75, 3.05) is 0 Å². The molecule has 0 amide bonds. The quantitative estimate of drug-likeness (QED) is 0.830. The fourth-order valence-corrected chi connectivity index (χ4v) is 1.43. The predicted molar refractivity (Wildman–Crippen MR) is 63.1 cm³/mol. The Hall–Kier alpha value is -1.74. The Morgan fingerprint density at radius 3 is 3.00 bits per heavy atom. The first-order chi connectivity index (χ1) is 7.75. The molecule has 0 unspecified atom stereocenters. The van der Waals surface area contributed by atoms with Gasteiger partial charge in [-0.05, 0) is 30.3 Å². The van der Waals surface area contributed by atoms with E-state index < -0.39 is 0 Å². The van der Waals surface area contributed by atoms with Crippen LogP contribution < -0.4 is 0 Å². The Balaban J connectivity index is 2.08. The minimum absolute atomic E-state index is 0.170. The summed E-state index contributed by atoms with van der Waals surface area (Å²) in [6.45, 7) is 0.457. The number of hydrogen-bond donors (Lipinski definition) is 1. The average Bonchev–Trinajstić information content (AvgIpc) is 2.76. The summed E-state index contributed by atoms with van der Waals surface area (Å²) >= 11 is 5.93. The van der Waals surface area contributed by atoms with Gasteiger partial charge in [-0.25, -0.2) is 0 Å². The van der Waals surface area contributed by atoms with E-state index in [1.807, 2.05) is 12.1 Å². The number of aliphatic imine (C=N–C) groups is 1. The molecule has 0 saturated heterocycles. The molecule has 0 aliphatic carbocycles. The van der Waals surface area contributed by atoms with Crippen molar-refractivity contribution in [1.82, 2.24) is 0 Å². The molecule has 0 saturated carbocycles. The van der Waals surface area contributed by atoms with Crippen LogP contribution in [-0.4, -0.2) is 11.3 Å². The molecule has 16 heavy (non-hydrogen) atoms. The molecule has 0 bridgehead atoms. The summed E-state index contributed by atoms with van der Waals surface area (Å²) < 4.78 is 5.13. The number of halogens is 1. The molecule has 0 fully saturated rings. The van der Waals surface area contributed by atoms with Crippen LogP contribution in [0.5, 0.6) is 5.75 Å². The standard InChI is InChI=1S/C12H10ClNO2/c13-12-4-3-10(15)6-9(12)7-14-8-11-2-1-5-16-11/h1-7,15H,8H2. The lowest BCUT2D eigenvalue weighted by Crippen LogP contribution is -1.84. The normalized spacial score (nSPS) is 11.1. The van der Waals surface area contributed by atoms with E-state index in [4.69, 9.17) is 16.0 Å². The molecule has 0 atom stereocenters. The monoisotopic (exact) mass is 235 g/mol. The van der Waals surface area contributed by atoms with Gasteiger partial charge in [0, 0.05) is 16.8 Å². The summed E-state index contributed by atoms with van der Waals surface area (Å²) in [5.41, 5.74) is 0.688. The Labute approximate surface area is 98.0 Å². The Morgan fingerprint density at radius 1 is 1.38 bits per heavy atom. The van der Waals surface area contributed by atoms with Gasteiger partial charge in [0.25, 0.3) is 0 Å². The highest BCUT2D eigenvalue weighted by Gasteiger charge is 1.98. The molecule has 1 aromatic carbocycles. The minimum Gasteiger partial charge on any atom is -0.508 e. The van der Waals surface area contributed by atoms with Crippen molar-refractivity contribution >= 4 is 17.8 Å². The van der Waals surface area contributed by atoms with Crippen molar-refractivity contribution in [3.05, 3.63) is 52.9 Å². The lowest BCUT2D eigenvalue weighted by Gasteiger charge is -1.98. The van der Waals surface area contributed by atoms with Gasteiger partial charge >= 0.3 is 0 Å². The number of phenolic OH excluding ortho intramolecular Hbond substituents is 1. The number of phenols is 1. The van der Waals surface area contributed by atoms with Crippen molar-refractivity contribution in [1.29, 1.82) is 0 Å². The van der Waals surface area contributed by atoms with Crippen LogP contribution in [0.15, 0.2) is 46.0 Å². The van der Waals surface area contributed by atoms with Gasteiger partial charge in [0.05, 0.1) is 12.8 Å². The fraction of sp³-hybridized carbons (Fsp3) is 0.0833. The molecule has 82 valence electrons. The van der Waals surface area contributed by atoms with Crippen molar-refractivity contribution in [2.45, 2.75) is 6.54 Å². The summed E-state index contributed by atoms with van der Waals surface area (Å²) in [7, 11) is 0. The molecular weight excluding hydrogens is 226 g/mol. The van der Waals surface area contributed by atoms with Gasteiger partial charge in [0.1, 0.15) is 11.5 Å². The van der Waals surface area contributed by atoms with Crippen LogP contribution in [0.2, 0.25) is 5.02 Å². The molecule has 2 aromatic rings. The molecular formula is C12H10ClNO2. The molecule has 0 spiro atoms. The lowest BCUT2D eigenvalue weighted by atomic mass is 10.2. The zero-order valence-corrected chi connectivity index (χ0v) is 9.19. The maximum absolute atomic E-state index is 9.28. The molecule has 3 nitrogen and oxygen atoms in total. The highest BCUT2D eigenvalue weighted by atomic mass is 35.5. The topological polar surface area (TPSA) is 45.7 Å². The highest BCUT2D eigenvalue weighted by Crippen LogP contribution is 2.19. The molecule has 1 aromatic heterocycles. The van der Waals surface area contributed by atoms with Crippen LogP contribution in [0.25, 0.3) is 0 Å². The van der Waals surface area contributed by atoms with Gasteiger partial charge in [-0.3, -0.25) is 4.99 Å². The number of nitrogens with zero attached hydrogens (tertiary/aromatic N) is 1. The zero-order valence-electron chi connectivity index (χ0n) is 8.43. The van der Waals surface area contributed by atoms with E-state index in [0.29, 0.717) is 17.1 Å². The first kappa shape index (κ1) is 10.8. The highest BCUT2D eigenvalue weighted by molar-refractivity contribution is 6.33. The van der Waals surface area contributed by atoms with E-state index in [-0.39, 0.29) is 5.75 Å². The molecule has 0 aliphatic rings. The average molecular weight is 236 g/mol. The van der Waals surface area contributed by atoms with Crippen LogP contribution in [-0.2, 0) is 6.54 Å². The van der Waals surface area contributed by atoms with Crippen LogP contribution in [0, 0.1) is 0 Å². The van der Waals surface area contributed by atoms with E-state index in [1.54, 1.807) is 24.6 Å². The van der Waals surface area contributed by atoms with Gasteiger partial charge in [0.15, 0.2) is 0 Å². The van der Waals surface area contributed by atoms with Crippen molar-refractivity contribution < 1.29 is 9.52 Å². The van der Waals surface area contributed by atoms with Gasteiger partial charge in [-0.2, -0.15) is 0 Å². The van der Waals surface area contributed by atoms with Gasteiger partial charge in [0.2, 0.25) is 0 Å². The Morgan fingerprint density at radius 2 is 2.25 bits per heavy atom. The molecule has 2 rings (SSSR count). The van der Waals surface area contributed by atoms with E-state index in [2.05, 4.69) is 4.99 Å². The summed E-state index contributed by atoms with van der Waals surface area (Å²) in [5, 5.41) is 9.84. The van der Waals surface area contributed by atoms with Crippen molar-refractivity contribution in [2.24, 2.45) is 4.99 Å². The number of rotatable bonds is 3. The second kappa shape index (κ2) is 4.86. The van der Waals surface area contributed by atoms with Crippen LogP contribution in [0.3, 0.4) is 0 Å². The predicted octanol–water partition coefficient (Wildman–Crippen LogP) is 3.26. The number of benzene rings is 1. The lowest BCUT2D eigenvalue weighted by molar-refractivity contribution is 0.475. The Kier molecular flexibility index (Phi) is 3.27. The minimum atomic E-state index is 0.170. The fourth-order valence-electron chi connectivity index (χ4n) is 1.27. The van der Waals surface area contributed by atoms with E-state index in [1.165, 1.54) is 6.07 Å². The van der Waals surface area contributed by atoms with Crippen LogP contribution >= 0.6 is 11.6 Å². The van der Waals surface area contributed by atoms with Gasteiger partial charge < -0.3 is 9.52 Å². The smallest absolute Gasteiger partial charge is 0.125 e. The molecule has 4 heteroatoms. The molecule has 0 radical (unpaired) electrons. The zero-order chi connectivity index (χ0) is 11.4. The van der Waals surface area contributed by atoms with Gasteiger partial charge in [-0.1, -0.05) is 11.6 Å². The third kappa shape index (κ3) is 2.64. The van der Waals surface area contributed by atoms with E-state index in [9.17, 15) is 5.11 Å². The number of hydrogen-bond acceptors (Lipinski definition) is 3.